The number of fused-ring (bicyclic) bond motifs is 1. The van der Waals surface area contributed by atoms with E-state index in [2.05, 4.69) is 0 Å². The van der Waals surface area contributed by atoms with E-state index in [0.29, 0.717) is 5.02 Å². The summed E-state index contributed by atoms with van der Waals surface area (Å²) in [6.45, 7) is 0. The molecule has 0 aliphatic rings. The molecule has 0 heterocycles. The molecule has 0 aliphatic carbocycles. The van der Waals surface area contributed by atoms with Gasteiger partial charge in [-0.25, -0.2) is 0 Å². The van der Waals surface area contributed by atoms with Gasteiger partial charge < -0.3 is 5.11 Å². The van der Waals surface area contributed by atoms with Crippen LogP contribution in [0.1, 0.15) is 0 Å². The highest BCUT2D eigenvalue weighted by atomic mass is 35.5. The van der Waals surface area contributed by atoms with Gasteiger partial charge in [0.1, 0.15) is 5.75 Å². The molecule has 0 unspecified atom stereocenters. The van der Waals surface area contributed by atoms with Gasteiger partial charge in [0.15, 0.2) is 0 Å². The van der Waals surface area contributed by atoms with Crippen LogP contribution in [0.15, 0.2) is 60.7 Å². The molecule has 3 rings (SSSR count). The fourth-order valence-electron chi connectivity index (χ4n) is 2.13. The molecular weight excluding hydrogens is 244 g/mol. The molecule has 0 aromatic heterocycles. The fourth-order valence-corrected chi connectivity index (χ4v) is 2.30. The third-order valence-corrected chi connectivity index (χ3v) is 3.28. The largest absolute Gasteiger partial charge is 0.507 e. The maximum Gasteiger partial charge on any atom is 0.131 e. The summed E-state index contributed by atoms with van der Waals surface area (Å²) in [5, 5.41) is 12.8. The van der Waals surface area contributed by atoms with Gasteiger partial charge in [-0.05, 0) is 23.1 Å². The zero-order chi connectivity index (χ0) is 12.5. The number of rotatable bonds is 1. The molecule has 0 fully saturated rings. The summed E-state index contributed by atoms with van der Waals surface area (Å²) in [5.74, 6) is 0.279. The number of aromatic hydroxyl groups is 1. The Morgan fingerprint density at radius 3 is 2.33 bits per heavy atom. The Morgan fingerprint density at radius 1 is 0.833 bits per heavy atom. The normalized spacial score (nSPS) is 10.7. The van der Waals surface area contributed by atoms with E-state index in [-0.39, 0.29) is 5.75 Å². The van der Waals surface area contributed by atoms with Crippen molar-refractivity contribution in [2.24, 2.45) is 0 Å². The van der Waals surface area contributed by atoms with Crippen molar-refractivity contribution in [3.8, 4) is 16.9 Å². The van der Waals surface area contributed by atoms with Gasteiger partial charge in [0.2, 0.25) is 0 Å². The summed E-state index contributed by atoms with van der Waals surface area (Å²) >= 11 is 5.98. The maximum atomic E-state index is 10.4. The van der Waals surface area contributed by atoms with Gasteiger partial charge in [-0.15, -0.1) is 0 Å². The monoisotopic (exact) mass is 254 g/mol. The van der Waals surface area contributed by atoms with E-state index < -0.39 is 0 Å². The van der Waals surface area contributed by atoms with Crippen LogP contribution in [0.3, 0.4) is 0 Å². The molecule has 18 heavy (non-hydrogen) atoms. The lowest BCUT2D eigenvalue weighted by Gasteiger charge is -2.08. The minimum Gasteiger partial charge on any atom is -0.507 e. The lowest BCUT2D eigenvalue weighted by Crippen LogP contribution is -1.81. The summed E-state index contributed by atoms with van der Waals surface area (Å²) in [4.78, 5) is 0. The van der Waals surface area contributed by atoms with Crippen molar-refractivity contribution in [1.29, 1.82) is 0 Å². The van der Waals surface area contributed by atoms with E-state index in [4.69, 9.17) is 11.6 Å². The maximum absolute atomic E-state index is 10.4. The van der Waals surface area contributed by atoms with Crippen LogP contribution in [0.2, 0.25) is 5.02 Å². The van der Waals surface area contributed by atoms with E-state index in [9.17, 15) is 5.11 Å². The van der Waals surface area contributed by atoms with Gasteiger partial charge in [-0.2, -0.15) is 0 Å². The number of halogens is 1. The molecule has 0 bridgehead atoms. The molecule has 2 heteroatoms. The smallest absolute Gasteiger partial charge is 0.131 e. The van der Waals surface area contributed by atoms with E-state index in [1.165, 1.54) is 0 Å². The van der Waals surface area contributed by atoms with Crippen molar-refractivity contribution in [2.45, 2.75) is 0 Å². The van der Waals surface area contributed by atoms with Crippen LogP contribution < -0.4 is 0 Å². The number of hydrogen-bond donors (Lipinski definition) is 1. The van der Waals surface area contributed by atoms with E-state index in [1.807, 2.05) is 54.6 Å². The molecule has 3 aromatic rings. The third-order valence-electron chi connectivity index (χ3n) is 3.04. The van der Waals surface area contributed by atoms with Crippen molar-refractivity contribution >= 4 is 22.4 Å². The number of phenols is 1. The molecular formula is C16H11ClO. The van der Waals surface area contributed by atoms with Crippen LogP contribution in [0, 0.1) is 0 Å². The minimum atomic E-state index is 0.279. The molecule has 0 spiro atoms. The second-order valence-electron chi connectivity index (χ2n) is 4.19. The third kappa shape index (κ3) is 1.83. The minimum absolute atomic E-state index is 0.279. The first kappa shape index (κ1) is 11.1. The highest BCUT2D eigenvalue weighted by Gasteiger charge is 2.08. The van der Waals surface area contributed by atoms with Crippen molar-refractivity contribution < 1.29 is 5.11 Å². The second kappa shape index (κ2) is 4.35. The molecule has 1 nitrogen and oxygen atoms in total. The first-order chi connectivity index (χ1) is 8.75. The molecule has 88 valence electrons. The zero-order valence-electron chi connectivity index (χ0n) is 9.60. The van der Waals surface area contributed by atoms with Gasteiger partial charge in [0.05, 0.1) is 0 Å². The van der Waals surface area contributed by atoms with Crippen LogP contribution in [0.4, 0.5) is 0 Å². The van der Waals surface area contributed by atoms with Gasteiger partial charge in [0.25, 0.3) is 0 Å². The summed E-state index contributed by atoms with van der Waals surface area (Å²) in [6, 6.07) is 19.3. The Labute approximate surface area is 110 Å². The van der Waals surface area contributed by atoms with Crippen LogP contribution in [0.25, 0.3) is 21.9 Å². The average Bonchev–Trinajstić information content (AvgIpc) is 2.41. The molecule has 0 saturated heterocycles. The van der Waals surface area contributed by atoms with Crippen LogP contribution in [-0.2, 0) is 0 Å². The SMILES string of the molecule is Oc1c(-c2ccccc2)ccc2ccc(Cl)cc12. The molecule has 0 saturated carbocycles. The molecule has 3 aromatic carbocycles. The zero-order valence-corrected chi connectivity index (χ0v) is 10.4. The van der Waals surface area contributed by atoms with Crippen LogP contribution in [0.5, 0.6) is 5.75 Å². The topological polar surface area (TPSA) is 20.2 Å². The standard InChI is InChI=1S/C16H11ClO/c17-13-8-6-12-7-9-14(16(18)15(12)10-13)11-4-2-1-3-5-11/h1-10,18H. The Morgan fingerprint density at radius 2 is 1.56 bits per heavy atom. The number of benzene rings is 3. The highest BCUT2D eigenvalue weighted by Crippen LogP contribution is 2.36. The Balaban J connectivity index is 2.29. The first-order valence-electron chi connectivity index (χ1n) is 5.72. The summed E-state index contributed by atoms with van der Waals surface area (Å²) in [7, 11) is 0. The fraction of sp³-hybridized carbons (Fsp3) is 0. The Bertz CT molecular complexity index is 705. The number of phenolic OH excluding ortho intramolecular Hbond substituents is 1. The average molecular weight is 255 g/mol. The Hall–Kier alpha value is -1.99. The van der Waals surface area contributed by atoms with Crippen molar-refractivity contribution in [3.63, 3.8) is 0 Å². The van der Waals surface area contributed by atoms with Crippen LogP contribution >= 0.6 is 11.6 Å². The van der Waals surface area contributed by atoms with Crippen molar-refractivity contribution in [2.75, 3.05) is 0 Å². The highest BCUT2D eigenvalue weighted by molar-refractivity contribution is 6.31. The molecule has 1 N–H and O–H groups in total. The summed E-state index contributed by atoms with van der Waals surface area (Å²) in [6.07, 6.45) is 0. The quantitative estimate of drug-likeness (QED) is 0.657. The van der Waals surface area contributed by atoms with Crippen LogP contribution in [-0.4, -0.2) is 5.11 Å². The lowest BCUT2D eigenvalue weighted by atomic mass is 10.00. The lowest BCUT2D eigenvalue weighted by molar-refractivity contribution is 0.483. The van der Waals surface area contributed by atoms with Crippen molar-refractivity contribution in [3.05, 3.63) is 65.7 Å². The predicted octanol–water partition coefficient (Wildman–Crippen LogP) is 4.87. The van der Waals surface area contributed by atoms with Gasteiger partial charge in [-0.1, -0.05) is 60.1 Å². The second-order valence-corrected chi connectivity index (χ2v) is 4.63. The molecule has 0 amide bonds. The number of hydrogen-bond acceptors (Lipinski definition) is 1. The summed E-state index contributed by atoms with van der Waals surface area (Å²) in [5.41, 5.74) is 1.82. The molecule has 0 aliphatic heterocycles. The summed E-state index contributed by atoms with van der Waals surface area (Å²) < 4.78 is 0. The van der Waals surface area contributed by atoms with Gasteiger partial charge in [-0.3, -0.25) is 0 Å². The first-order valence-corrected chi connectivity index (χ1v) is 6.10. The Kier molecular flexibility index (Phi) is 2.69. The van der Waals surface area contributed by atoms with Gasteiger partial charge >= 0.3 is 0 Å². The van der Waals surface area contributed by atoms with Gasteiger partial charge in [0, 0.05) is 16.0 Å². The van der Waals surface area contributed by atoms with E-state index >= 15 is 0 Å². The van der Waals surface area contributed by atoms with E-state index in [1.54, 1.807) is 6.07 Å². The molecule has 0 radical (unpaired) electrons. The van der Waals surface area contributed by atoms with E-state index in [0.717, 1.165) is 21.9 Å². The van der Waals surface area contributed by atoms with Crippen molar-refractivity contribution in [1.82, 2.24) is 0 Å². The predicted molar refractivity (Wildman–Crippen MR) is 76.1 cm³/mol. The molecule has 0 atom stereocenters.